The zero-order chi connectivity index (χ0) is 37.1. The summed E-state index contributed by atoms with van der Waals surface area (Å²) in [5.74, 6) is 0.612. The lowest BCUT2D eigenvalue weighted by Crippen LogP contribution is -2.54. The third kappa shape index (κ3) is 8.13. The van der Waals surface area contributed by atoms with E-state index < -0.39 is 39.7 Å². The van der Waals surface area contributed by atoms with Gasteiger partial charge in [0, 0.05) is 29.6 Å². The molecule has 0 fully saturated rings. The zero-order valence-corrected chi connectivity index (χ0v) is 29.6. The molecule has 0 aliphatic heterocycles. The zero-order valence-electron chi connectivity index (χ0n) is 26.4. The van der Waals surface area contributed by atoms with Crippen molar-refractivity contribution in [3.8, 4) is 23.0 Å². The van der Waals surface area contributed by atoms with E-state index in [-0.39, 0.29) is 17.2 Å². The van der Waals surface area contributed by atoms with E-state index in [0.717, 1.165) is 58.3 Å². The molecule has 0 bridgehead atoms. The van der Waals surface area contributed by atoms with Crippen LogP contribution in [0, 0.1) is 0 Å². The number of ether oxygens (including phenoxy) is 2. The molecule has 0 saturated carbocycles. The van der Waals surface area contributed by atoms with Gasteiger partial charge in [-0.15, -0.1) is 0 Å². The topological polar surface area (TPSA) is 35.5 Å². The first-order chi connectivity index (χ1) is 24.7. The first-order valence-electron chi connectivity index (χ1n) is 15.2. The SMILES string of the molecule is O=S(c1ccc(Cl)cc1)c1ccc(Oc2ccc(C(c3ccc(Oc4ccc(Sc5ccc(Cl)cc5)cc4)cc3)(C(F)(F)F)C(F)(F)F)cc2)cc1. The molecule has 1 atom stereocenters. The molecule has 266 valence electrons. The summed E-state index contributed by atoms with van der Waals surface area (Å²) in [5.41, 5.74) is -6.44. The standard InChI is InChI=1S/C39H24Cl2F6O3S2/c40-27-5-17-33(18-6-27)51-34-19-13-31(14-20-34)49-29-9-1-25(2-10-29)37(38(42,43)44,39(45,46)47)26-3-11-30(12-4-26)50-32-15-23-36(24-16-32)52(48)35-21-7-28(41)8-22-35/h1-24H. The first kappa shape index (κ1) is 37.3. The molecule has 0 spiro atoms. The second kappa shape index (κ2) is 15.3. The van der Waals surface area contributed by atoms with Crippen LogP contribution in [-0.2, 0) is 16.2 Å². The fourth-order valence-corrected chi connectivity index (χ4v) is 7.45. The molecule has 0 aliphatic rings. The summed E-state index contributed by atoms with van der Waals surface area (Å²) in [4.78, 5) is 2.79. The Kier molecular flexibility index (Phi) is 11.0. The lowest BCUT2D eigenvalue weighted by Gasteiger charge is -2.38. The lowest BCUT2D eigenvalue weighted by molar-refractivity contribution is -0.288. The van der Waals surface area contributed by atoms with Crippen molar-refractivity contribution in [2.45, 2.75) is 37.3 Å². The van der Waals surface area contributed by atoms with Crippen LogP contribution in [0.2, 0.25) is 10.0 Å². The lowest BCUT2D eigenvalue weighted by atomic mass is 9.73. The van der Waals surface area contributed by atoms with Gasteiger partial charge < -0.3 is 9.47 Å². The highest BCUT2D eigenvalue weighted by Crippen LogP contribution is 2.56. The molecule has 6 aromatic carbocycles. The molecule has 6 rings (SSSR count). The van der Waals surface area contributed by atoms with E-state index in [0.29, 0.717) is 25.6 Å². The molecule has 52 heavy (non-hydrogen) atoms. The van der Waals surface area contributed by atoms with Crippen molar-refractivity contribution < 1.29 is 40.0 Å². The minimum atomic E-state index is -5.77. The Hall–Kier alpha value is -4.42. The molecule has 0 amide bonds. The summed E-state index contributed by atoms with van der Waals surface area (Å²) in [5, 5.41) is 1.10. The molecule has 13 heteroatoms. The summed E-state index contributed by atoms with van der Waals surface area (Å²) in [7, 11) is -1.52. The Morgan fingerprint density at radius 3 is 1.10 bits per heavy atom. The van der Waals surface area contributed by atoms with Gasteiger partial charge in [-0.1, -0.05) is 59.2 Å². The van der Waals surface area contributed by atoms with Crippen LogP contribution in [0.3, 0.4) is 0 Å². The average molecular weight is 790 g/mol. The van der Waals surface area contributed by atoms with Crippen LogP contribution >= 0.6 is 35.0 Å². The molecule has 0 N–H and O–H groups in total. The van der Waals surface area contributed by atoms with E-state index in [1.165, 1.54) is 36.0 Å². The first-order valence-corrected chi connectivity index (χ1v) is 18.0. The fourth-order valence-electron chi connectivity index (χ4n) is 5.34. The van der Waals surface area contributed by atoms with Crippen molar-refractivity contribution in [1.29, 1.82) is 0 Å². The molecule has 0 aliphatic carbocycles. The smallest absolute Gasteiger partial charge is 0.411 e. The Bertz CT molecular complexity index is 2130. The van der Waals surface area contributed by atoms with Crippen LogP contribution < -0.4 is 9.47 Å². The highest BCUT2D eigenvalue weighted by atomic mass is 35.5. The third-order valence-electron chi connectivity index (χ3n) is 7.84. The Labute approximate surface area is 311 Å². The predicted molar refractivity (Wildman–Crippen MR) is 191 cm³/mol. The van der Waals surface area contributed by atoms with Crippen molar-refractivity contribution in [2.75, 3.05) is 0 Å². The van der Waals surface area contributed by atoms with Gasteiger partial charge in [-0.2, -0.15) is 26.3 Å². The summed E-state index contributed by atoms with van der Waals surface area (Å²) in [6, 6.07) is 33.8. The van der Waals surface area contributed by atoms with Gasteiger partial charge in [-0.25, -0.2) is 4.21 Å². The van der Waals surface area contributed by atoms with Gasteiger partial charge >= 0.3 is 12.4 Å². The van der Waals surface area contributed by atoms with Crippen LogP contribution in [0.1, 0.15) is 11.1 Å². The highest BCUT2D eigenvalue weighted by Gasteiger charge is 2.72. The molecular formula is C39H24Cl2F6O3S2. The van der Waals surface area contributed by atoms with Crippen molar-refractivity contribution in [3.63, 3.8) is 0 Å². The maximum atomic E-state index is 14.8. The molecule has 0 aromatic heterocycles. The predicted octanol–water partition coefficient (Wildman–Crippen LogP) is 13.3. The maximum Gasteiger partial charge on any atom is 0.411 e. The van der Waals surface area contributed by atoms with E-state index in [1.54, 1.807) is 60.7 Å². The summed E-state index contributed by atoms with van der Waals surface area (Å²) in [6.07, 6.45) is -11.5. The van der Waals surface area contributed by atoms with Gasteiger partial charge in [0.25, 0.3) is 0 Å². The monoisotopic (exact) mass is 788 g/mol. The third-order valence-corrected chi connectivity index (χ3v) is 10.8. The van der Waals surface area contributed by atoms with Crippen LogP contribution in [0.25, 0.3) is 0 Å². The van der Waals surface area contributed by atoms with Crippen molar-refractivity contribution in [2.24, 2.45) is 0 Å². The number of benzene rings is 6. The average Bonchev–Trinajstić information content (AvgIpc) is 3.11. The number of halogens is 8. The molecule has 0 saturated heterocycles. The van der Waals surface area contributed by atoms with Crippen LogP contribution in [-0.4, -0.2) is 16.6 Å². The van der Waals surface area contributed by atoms with Gasteiger partial charge in [0.15, 0.2) is 0 Å². The fraction of sp³-hybridized carbons (Fsp3) is 0.0769. The maximum absolute atomic E-state index is 14.8. The normalized spacial score (nSPS) is 12.7. The Morgan fingerprint density at radius 1 is 0.442 bits per heavy atom. The minimum absolute atomic E-state index is 0.00472. The summed E-state index contributed by atoms with van der Waals surface area (Å²) < 4.78 is 113. The van der Waals surface area contributed by atoms with Crippen molar-refractivity contribution in [3.05, 3.63) is 167 Å². The molecular weight excluding hydrogens is 765 g/mol. The van der Waals surface area contributed by atoms with Gasteiger partial charge in [-0.05, 0) is 132 Å². The number of alkyl halides is 6. The highest BCUT2D eigenvalue weighted by molar-refractivity contribution is 7.99. The molecule has 3 nitrogen and oxygen atoms in total. The quantitative estimate of drug-likeness (QED) is 0.130. The molecule has 0 radical (unpaired) electrons. The van der Waals surface area contributed by atoms with E-state index in [4.69, 9.17) is 32.7 Å². The van der Waals surface area contributed by atoms with Gasteiger partial charge in [-0.3, -0.25) is 0 Å². The van der Waals surface area contributed by atoms with Crippen molar-refractivity contribution >= 4 is 45.8 Å². The number of hydrogen-bond donors (Lipinski definition) is 0. The van der Waals surface area contributed by atoms with Gasteiger partial charge in [0.05, 0.1) is 10.8 Å². The largest absolute Gasteiger partial charge is 0.457 e. The minimum Gasteiger partial charge on any atom is -0.457 e. The number of hydrogen-bond acceptors (Lipinski definition) is 4. The second-order valence-corrected chi connectivity index (χ2v) is 14.7. The van der Waals surface area contributed by atoms with E-state index in [1.807, 2.05) is 12.1 Å². The Balaban J connectivity index is 1.20. The van der Waals surface area contributed by atoms with E-state index in [2.05, 4.69) is 0 Å². The Morgan fingerprint density at radius 2 is 0.731 bits per heavy atom. The van der Waals surface area contributed by atoms with Crippen LogP contribution in [0.5, 0.6) is 23.0 Å². The van der Waals surface area contributed by atoms with Gasteiger partial charge in [0.2, 0.25) is 5.41 Å². The summed E-state index contributed by atoms with van der Waals surface area (Å²) >= 11 is 13.3. The van der Waals surface area contributed by atoms with Crippen LogP contribution in [0.4, 0.5) is 26.3 Å². The molecule has 1 unspecified atom stereocenters. The van der Waals surface area contributed by atoms with E-state index >= 15 is 0 Å². The summed E-state index contributed by atoms with van der Waals surface area (Å²) in [6.45, 7) is 0. The van der Waals surface area contributed by atoms with E-state index in [9.17, 15) is 30.6 Å². The molecule has 6 aromatic rings. The van der Waals surface area contributed by atoms with Crippen LogP contribution in [0.15, 0.2) is 165 Å². The second-order valence-electron chi connectivity index (χ2n) is 11.2. The molecule has 0 heterocycles. The number of rotatable bonds is 10. The van der Waals surface area contributed by atoms with Gasteiger partial charge in [0.1, 0.15) is 23.0 Å². The van der Waals surface area contributed by atoms with Crippen molar-refractivity contribution in [1.82, 2.24) is 0 Å².